The molecular formula is C25H20BrIN2O5S2. The van der Waals surface area contributed by atoms with E-state index in [1.165, 1.54) is 23.9 Å². The fraction of sp³-hybridized carbons (Fsp3) is 0.120. The van der Waals surface area contributed by atoms with Crippen LogP contribution in [0.3, 0.4) is 0 Å². The average Bonchev–Trinajstić information content (AvgIpc) is 3.16. The molecule has 11 heteroatoms. The number of halogens is 2. The summed E-state index contributed by atoms with van der Waals surface area (Å²) in [4.78, 5) is 17.5. The van der Waals surface area contributed by atoms with Crippen molar-refractivity contribution in [3.05, 3.63) is 84.7 Å². The summed E-state index contributed by atoms with van der Waals surface area (Å²) in [6.45, 7) is 3.94. The van der Waals surface area contributed by atoms with Gasteiger partial charge in [0.2, 0.25) is 0 Å². The zero-order chi connectivity index (χ0) is 25.9. The van der Waals surface area contributed by atoms with Crippen LogP contribution < -0.4 is 14.2 Å². The van der Waals surface area contributed by atoms with Crippen molar-refractivity contribution in [1.29, 1.82) is 0 Å². The molecule has 0 aliphatic carbocycles. The molecule has 1 fully saturated rings. The van der Waals surface area contributed by atoms with Gasteiger partial charge in [-0.3, -0.25) is 4.79 Å². The quantitative estimate of drug-likeness (QED) is 0.174. The predicted molar refractivity (Wildman–Crippen MR) is 154 cm³/mol. The van der Waals surface area contributed by atoms with Crippen LogP contribution in [0.25, 0.3) is 6.08 Å². The molecule has 1 amide bonds. The van der Waals surface area contributed by atoms with E-state index in [1.54, 1.807) is 37.3 Å². The van der Waals surface area contributed by atoms with E-state index in [0.717, 1.165) is 14.8 Å². The number of aliphatic imine (C=N–C) groups is 1. The second-order valence-electron chi connectivity index (χ2n) is 7.57. The number of amidine groups is 1. The number of ether oxygens (including phenoxy) is 1. The van der Waals surface area contributed by atoms with Crippen molar-refractivity contribution in [1.82, 2.24) is 5.32 Å². The molecule has 0 radical (unpaired) electrons. The van der Waals surface area contributed by atoms with Crippen molar-refractivity contribution in [3.8, 4) is 11.5 Å². The van der Waals surface area contributed by atoms with Gasteiger partial charge in [0.25, 0.3) is 5.91 Å². The van der Waals surface area contributed by atoms with Gasteiger partial charge in [-0.15, -0.1) is 0 Å². The summed E-state index contributed by atoms with van der Waals surface area (Å²) in [7, 11) is -4.09. The summed E-state index contributed by atoms with van der Waals surface area (Å²) >= 11 is 6.83. The van der Waals surface area contributed by atoms with Gasteiger partial charge in [0.05, 0.1) is 21.7 Å². The van der Waals surface area contributed by atoms with E-state index in [2.05, 4.69) is 48.8 Å². The van der Waals surface area contributed by atoms with Crippen LogP contribution in [-0.4, -0.2) is 26.1 Å². The third kappa shape index (κ3) is 6.50. The smallest absolute Gasteiger partial charge is 0.339 e. The van der Waals surface area contributed by atoms with Crippen molar-refractivity contribution >= 4 is 83.2 Å². The fourth-order valence-electron chi connectivity index (χ4n) is 3.14. The van der Waals surface area contributed by atoms with Crippen molar-refractivity contribution in [2.24, 2.45) is 4.99 Å². The first kappa shape index (κ1) is 26.7. The van der Waals surface area contributed by atoms with Crippen LogP contribution in [0, 0.1) is 10.5 Å². The standard InChI is InChI=1S/C25H20BrIN2O5S2/c1-3-33-21-13-16(12-20(26)23(21)34-36(31,32)19-10-4-15(2)5-11-19)14-22-24(30)29-25(35-22)28-18-8-6-17(27)7-9-18/h4-14H,3H2,1-2H3,(H,28,29,30)/b22-14+. The van der Waals surface area contributed by atoms with E-state index in [4.69, 9.17) is 8.92 Å². The third-order valence-corrected chi connectivity index (χ3v) is 8.29. The molecule has 0 atom stereocenters. The number of nitrogens with one attached hydrogen (secondary N) is 1. The fourth-order valence-corrected chi connectivity index (χ4v) is 5.95. The lowest BCUT2D eigenvalue weighted by Gasteiger charge is -2.14. The molecule has 4 rings (SSSR count). The van der Waals surface area contributed by atoms with Crippen LogP contribution in [0.2, 0.25) is 0 Å². The number of hydrogen-bond acceptors (Lipinski definition) is 7. The highest BCUT2D eigenvalue weighted by Crippen LogP contribution is 2.40. The number of carbonyl (C=O) groups excluding carboxylic acids is 1. The maximum atomic E-state index is 12.9. The van der Waals surface area contributed by atoms with Crippen LogP contribution in [0.15, 0.2) is 79.9 Å². The molecule has 0 spiro atoms. The van der Waals surface area contributed by atoms with Gasteiger partial charge >= 0.3 is 10.1 Å². The van der Waals surface area contributed by atoms with E-state index in [9.17, 15) is 13.2 Å². The minimum Gasteiger partial charge on any atom is -0.490 e. The molecule has 186 valence electrons. The Morgan fingerprint density at radius 1 is 1.11 bits per heavy atom. The second kappa shape index (κ2) is 11.4. The molecule has 0 bridgehead atoms. The molecule has 1 N–H and O–H groups in total. The van der Waals surface area contributed by atoms with Gasteiger partial charge in [0.15, 0.2) is 16.7 Å². The van der Waals surface area contributed by atoms with Crippen molar-refractivity contribution in [2.45, 2.75) is 18.7 Å². The van der Waals surface area contributed by atoms with E-state index >= 15 is 0 Å². The number of hydrogen-bond donors (Lipinski definition) is 1. The van der Waals surface area contributed by atoms with Crippen LogP contribution in [0.1, 0.15) is 18.1 Å². The third-order valence-electron chi connectivity index (χ3n) is 4.84. The number of amides is 1. The maximum Gasteiger partial charge on any atom is 0.339 e. The first-order chi connectivity index (χ1) is 17.1. The van der Waals surface area contributed by atoms with Crippen LogP contribution in [-0.2, 0) is 14.9 Å². The monoisotopic (exact) mass is 698 g/mol. The Labute approximate surface area is 235 Å². The van der Waals surface area contributed by atoms with Crippen molar-refractivity contribution in [2.75, 3.05) is 6.61 Å². The molecule has 36 heavy (non-hydrogen) atoms. The summed E-state index contributed by atoms with van der Waals surface area (Å²) in [5.41, 5.74) is 2.29. The number of carbonyl (C=O) groups is 1. The number of rotatable bonds is 7. The molecule has 0 unspecified atom stereocenters. The van der Waals surface area contributed by atoms with Crippen LogP contribution in [0.5, 0.6) is 11.5 Å². The Balaban J connectivity index is 1.62. The van der Waals surface area contributed by atoms with Crippen LogP contribution >= 0.6 is 50.3 Å². The highest BCUT2D eigenvalue weighted by molar-refractivity contribution is 14.1. The molecule has 1 aliphatic rings. The topological polar surface area (TPSA) is 94.1 Å². The summed E-state index contributed by atoms with van der Waals surface area (Å²) in [5, 5.41) is 3.24. The summed E-state index contributed by atoms with van der Waals surface area (Å²) in [6.07, 6.45) is 1.68. The highest BCUT2D eigenvalue weighted by atomic mass is 127. The molecule has 3 aromatic carbocycles. The van der Waals surface area contributed by atoms with Gasteiger partial charge in [-0.25, -0.2) is 4.99 Å². The first-order valence-electron chi connectivity index (χ1n) is 10.7. The van der Waals surface area contributed by atoms with Gasteiger partial charge in [-0.2, -0.15) is 8.42 Å². The largest absolute Gasteiger partial charge is 0.490 e. The van der Waals surface area contributed by atoms with E-state index in [0.29, 0.717) is 20.1 Å². The van der Waals surface area contributed by atoms with Gasteiger partial charge in [-0.05, 0) is 124 Å². The lowest BCUT2D eigenvalue weighted by atomic mass is 10.2. The number of aryl methyl sites for hydroxylation is 1. The minimum absolute atomic E-state index is 0.0315. The van der Waals surface area contributed by atoms with Gasteiger partial charge in [-0.1, -0.05) is 17.7 Å². The molecule has 1 aliphatic heterocycles. The maximum absolute atomic E-state index is 12.9. The molecule has 3 aromatic rings. The van der Waals surface area contributed by atoms with Crippen molar-refractivity contribution < 1.29 is 22.1 Å². The Morgan fingerprint density at radius 3 is 2.47 bits per heavy atom. The van der Waals surface area contributed by atoms with Crippen LogP contribution in [0.4, 0.5) is 5.69 Å². The second-order valence-corrected chi connectivity index (χ2v) is 12.2. The molecule has 7 nitrogen and oxygen atoms in total. The number of thioether (sulfide) groups is 1. The summed E-state index contributed by atoms with van der Waals surface area (Å²) < 4.78 is 38.3. The zero-order valence-corrected chi connectivity index (χ0v) is 24.5. The van der Waals surface area contributed by atoms with Gasteiger partial charge < -0.3 is 14.2 Å². The molecule has 1 saturated heterocycles. The van der Waals surface area contributed by atoms with Gasteiger partial charge in [0, 0.05) is 3.57 Å². The molecule has 0 aromatic heterocycles. The summed E-state index contributed by atoms with van der Waals surface area (Å²) in [5.74, 6) is -0.0183. The first-order valence-corrected chi connectivity index (χ1v) is 14.8. The molecule has 1 heterocycles. The SMILES string of the molecule is CCOc1cc(/C=C2/SC(=Nc3ccc(I)cc3)NC2=O)cc(Br)c1OS(=O)(=O)c1ccc(C)cc1. The molecule has 0 saturated carbocycles. The Kier molecular flexibility index (Phi) is 8.43. The Morgan fingerprint density at radius 2 is 1.81 bits per heavy atom. The lowest BCUT2D eigenvalue weighted by molar-refractivity contribution is -0.115. The normalized spacial score (nSPS) is 15.8. The van der Waals surface area contributed by atoms with E-state index in [-0.39, 0.29) is 28.9 Å². The Hall–Kier alpha value is -2.35. The lowest BCUT2D eigenvalue weighted by Crippen LogP contribution is -2.19. The minimum atomic E-state index is -4.09. The average molecular weight is 699 g/mol. The number of nitrogens with zero attached hydrogens (tertiary/aromatic N) is 1. The highest BCUT2D eigenvalue weighted by Gasteiger charge is 2.25. The summed E-state index contributed by atoms with van der Waals surface area (Å²) in [6, 6.07) is 17.3. The number of benzene rings is 3. The van der Waals surface area contributed by atoms with Crippen molar-refractivity contribution in [3.63, 3.8) is 0 Å². The molecular weight excluding hydrogens is 679 g/mol. The Bertz CT molecular complexity index is 1470. The van der Waals surface area contributed by atoms with E-state index in [1.807, 2.05) is 31.2 Å². The van der Waals surface area contributed by atoms with E-state index < -0.39 is 10.1 Å². The van der Waals surface area contributed by atoms with Gasteiger partial charge in [0.1, 0.15) is 4.90 Å². The predicted octanol–water partition coefficient (Wildman–Crippen LogP) is 6.42. The zero-order valence-electron chi connectivity index (χ0n) is 19.1.